The predicted octanol–water partition coefficient (Wildman–Crippen LogP) is 16.3. The summed E-state index contributed by atoms with van der Waals surface area (Å²) >= 11 is 0. The number of nitrogens with zero attached hydrogens (tertiary/aromatic N) is 6. The van der Waals surface area contributed by atoms with Crippen LogP contribution >= 0.6 is 12.4 Å². The van der Waals surface area contributed by atoms with Crippen LogP contribution in [-0.2, 0) is 41.6 Å². The van der Waals surface area contributed by atoms with Crippen LogP contribution in [0, 0.1) is 33.8 Å². The van der Waals surface area contributed by atoms with Gasteiger partial charge in [0, 0.05) is 138 Å². The van der Waals surface area contributed by atoms with E-state index in [1.54, 1.807) is 41.3 Å². The minimum Gasteiger partial charge on any atom is -0.508 e. The third-order valence-electron chi connectivity index (χ3n) is 26.7. The highest BCUT2D eigenvalue weighted by molar-refractivity contribution is 6.04. The zero-order chi connectivity index (χ0) is 100. The molecule has 144 heavy (non-hydrogen) atoms. The van der Waals surface area contributed by atoms with Crippen LogP contribution in [0.15, 0.2) is 155 Å². The Bertz CT molecular complexity index is 6550. The standard InChI is InChI=1S/C49H52N4O13.C29H25NO12.C26H32N4O4.CH4.ClH/c1-7-50-47(56)43-41(45(66-51-43)32-18-29(25(2)3)34(54)21-35(32)55)27-10-8-26(9-11-27)22-52-12-14-53(15-13-52)49(58)65-44-31-20-37-36(63-24-64-37)19-30(31)40(42-33(44)23-62-48(42)57)28-16-38(59-4)46(61-6)39(17-28)60-5;1-35-22-8-14(9-23(36-2)27(22)37-3)24-17-10-20-21(40-13-39-20)11-18(17)26(19-12-38-28(31)25(19)24)42-29(32)41-16-6-4-15(5-7-16)30(33)34;1-4-28-26(33)24-23(18-7-5-17(6-8-18)15-30-11-9-27-10-12-30)25(34-29-24)20-13-19(16(2)3)21(31)14-22(20)32;;/h8-11,16-21,25,33,40,42,44,54-55H,7,12-15,22-24H2,1-6H3,(H,50,56);4-11,19,24-26H,12-13H2,1-3H3;5-8,13-14,16,27,31-32H,4,9-12,15H2,1-3H3,(H,28,33);1H4;1H/t33-,40+,42-,44-;19-,24+,25-,26-;;;/m00.../s1. The lowest BCUT2D eigenvalue weighted by Gasteiger charge is -2.40. The number of carbonyl (C=O) groups is 6. The normalized spacial score (nSPS) is 18.8. The fourth-order valence-corrected chi connectivity index (χ4v) is 19.7. The Hall–Kier alpha value is -15.4. The molecule has 6 aliphatic heterocycles. The Morgan fingerprint density at radius 1 is 0.493 bits per heavy atom. The average Bonchev–Trinajstić information content (AvgIpc) is 1.40. The number of phenols is 4. The van der Waals surface area contributed by atoms with E-state index in [-0.39, 0.29) is 122 Å². The molecule has 0 unspecified atom stereocenters. The van der Waals surface area contributed by atoms with E-state index in [0.29, 0.717) is 165 Å². The van der Waals surface area contributed by atoms with Crippen molar-refractivity contribution in [2.24, 2.45) is 23.7 Å². The SMILES string of the molecule is C.CCNC(=O)c1noc(-c2cc(C(C)C)c(O)cc2O)c1-c1ccc(CN2CCN(C(=O)O[C@H]3c4cc5c(cc4[C@@H](c4cc(OC)c(OC)c(OC)c4)[C@H]4C(=O)OC[C@@H]43)OCO5)CC2)cc1.CCNC(=O)c1noc(-c2cc(C(C)C)c(O)cc2O)c1-c1ccc(CN2CCNCC2)cc1.COc1cc([C@@H]2c3cc4c(cc3[C@H](OC(=O)Oc3ccc([N+](=O)[O-])cc3)[C@H]3COC(=O)[C@H]23)OCO4)cc(OC)c1OC.Cl. The van der Waals surface area contributed by atoms with E-state index in [1.165, 1.54) is 84.6 Å². The summed E-state index contributed by atoms with van der Waals surface area (Å²) in [5.41, 5.74) is 10.6. The summed E-state index contributed by atoms with van der Waals surface area (Å²) in [7, 11) is 9.10. The van der Waals surface area contributed by atoms with Crippen LogP contribution in [0.5, 0.6) is 86.2 Å². The number of nitro groups is 1. The molecule has 2 aliphatic carbocycles. The van der Waals surface area contributed by atoms with E-state index >= 15 is 0 Å². The van der Waals surface area contributed by atoms with Crippen LogP contribution in [0.3, 0.4) is 0 Å². The molecule has 39 heteroatoms. The lowest BCUT2D eigenvalue weighted by atomic mass is 9.66. The first-order valence-electron chi connectivity index (χ1n) is 46.5. The summed E-state index contributed by atoms with van der Waals surface area (Å²) in [6, 6.07) is 41.0. The van der Waals surface area contributed by atoms with Crippen molar-refractivity contribution < 1.29 is 134 Å². The molecule has 7 N–H and O–H groups in total. The number of nitrogens with one attached hydrogen (secondary N) is 3. The second-order valence-corrected chi connectivity index (χ2v) is 35.7. The Morgan fingerprint density at radius 2 is 0.882 bits per heavy atom. The van der Waals surface area contributed by atoms with Gasteiger partial charge < -0.3 is 121 Å². The van der Waals surface area contributed by atoms with Crippen molar-refractivity contribution in [2.75, 3.05) is 135 Å². The van der Waals surface area contributed by atoms with Gasteiger partial charge in [-0.1, -0.05) is 94.0 Å². The van der Waals surface area contributed by atoms with Gasteiger partial charge in [0.15, 0.2) is 68.9 Å². The van der Waals surface area contributed by atoms with Crippen molar-refractivity contribution in [2.45, 2.75) is 97.9 Å². The molecule has 0 radical (unpaired) electrons. The minimum atomic E-state index is -1.05. The molecule has 11 aromatic rings. The summed E-state index contributed by atoms with van der Waals surface area (Å²) in [4.78, 5) is 96.8. The number of amides is 3. The van der Waals surface area contributed by atoms with Gasteiger partial charge in [-0.15, -0.1) is 12.4 Å². The number of non-ortho nitro benzene ring substituents is 1. The maximum absolute atomic E-state index is 14.1. The van der Waals surface area contributed by atoms with Crippen LogP contribution < -0.4 is 68.1 Å². The average molecular weight is 2000 g/mol. The van der Waals surface area contributed by atoms with Crippen LogP contribution in [0.1, 0.15) is 161 Å². The molecule has 0 bridgehead atoms. The summed E-state index contributed by atoms with van der Waals surface area (Å²) < 4.78 is 96.6. The van der Waals surface area contributed by atoms with Gasteiger partial charge >= 0.3 is 24.2 Å². The van der Waals surface area contributed by atoms with E-state index in [1.807, 2.05) is 114 Å². The van der Waals surface area contributed by atoms with Crippen molar-refractivity contribution in [1.82, 2.24) is 41.0 Å². The number of cyclic esters (lactones) is 2. The number of aromatic hydroxyl groups is 4. The molecule has 8 atom stereocenters. The van der Waals surface area contributed by atoms with Crippen LogP contribution in [0.4, 0.5) is 15.3 Å². The summed E-state index contributed by atoms with van der Waals surface area (Å²) in [6.07, 6.45) is -3.32. The zero-order valence-electron chi connectivity index (χ0n) is 80.5. The van der Waals surface area contributed by atoms with Gasteiger partial charge in [0.2, 0.25) is 25.1 Å². The number of benzene rings is 9. The molecular weight excluding hydrogens is 1890 g/mol. The Labute approximate surface area is 835 Å². The molecule has 8 heterocycles. The lowest BCUT2D eigenvalue weighted by Crippen LogP contribution is -2.49. The van der Waals surface area contributed by atoms with E-state index < -0.39 is 82.7 Å². The summed E-state index contributed by atoms with van der Waals surface area (Å²) in [6.45, 7) is 19.7. The Morgan fingerprint density at radius 3 is 1.26 bits per heavy atom. The summed E-state index contributed by atoms with van der Waals surface area (Å²) in [5.74, 6) is -0.646. The Balaban J connectivity index is 0.000000172. The van der Waals surface area contributed by atoms with Crippen molar-refractivity contribution >= 4 is 54.1 Å². The summed E-state index contributed by atoms with van der Waals surface area (Å²) in [5, 5.41) is 70.4. The minimum absolute atomic E-state index is 0. The molecule has 0 saturated carbocycles. The fourth-order valence-electron chi connectivity index (χ4n) is 19.7. The van der Waals surface area contributed by atoms with Gasteiger partial charge in [0.25, 0.3) is 17.5 Å². The molecule has 760 valence electrons. The number of carbonyl (C=O) groups excluding carboxylic acids is 6. The van der Waals surface area contributed by atoms with Crippen LogP contribution in [0.2, 0.25) is 0 Å². The highest BCUT2D eigenvalue weighted by atomic mass is 35.5. The number of hydrogen-bond donors (Lipinski definition) is 7. The second-order valence-electron chi connectivity index (χ2n) is 35.7. The van der Waals surface area contributed by atoms with Crippen LogP contribution in [0.25, 0.3) is 44.9 Å². The fraction of sp³-hybridized carbons (Fsp3) is 0.371. The smallest absolute Gasteiger partial charge is 0.508 e. The van der Waals surface area contributed by atoms with Crippen molar-refractivity contribution in [1.29, 1.82) is 0 Å². The quantitative estimate of drug-likeness (QED) is 0.00870. The van der Waals surface area contributed by atoms with Gasteiger partial charge in [-0.05, 0) is 154 Å². The van der Waals surface area contributed by atoms with E-state index in [2.05, 4.69) is 36.1 Å². The number of hydrogen-bond acceptors (Lipinski definition) is 34. The first kappa shape index (κ1) is 103. The van der Waals surface area contributed by atoms with Gasteiger partial charge in [-0.2, -0.15) is 0 Å². The van der Waals surface area contributed by atoms with Crippen molar-refractivity contribution in [3.8, 4) is 131 Å². The van der Waals surface area contributed by atoms with E-state index in [9.17, 15) is 59.3 Å². The molecule has 8 aliphatic rings. The number of fused-ring (bicyclic) bond motifs is 6. The molecule has 3 amide bonds. The molecule has 38 nitrogen and oxygen atoms in total. The number of halogens is 1. The molecule has 4 fully saturated rings. The molecule has 4 saturated heterocycles. The van der Waals surface area contributed by atoms with Crippen LogP contribution in [-0.4, -0.2) is 221 Å². The monoisotopic (exact) mass is 2000 g/mol. The third kappa shape index (κ3) is 20.7. The van der Waals surface area contributed by atoms with E-state index in [0.717, 1.165) is 55.0 Å². The largest absolute Gasteiger partial charge is 0.514 e. The number of aromatic nitrogens is 2. The van der Waals surface area contributed by atoms with E-state index in [4.69, 9.17) is 80.1 Å². The number of rotatable bonds is 26. The predicted molar refractivity (Wildman–Crippen MR) is 524 cm³/mol. The number of phenolic OH excluding ortho intramolecular Hbond substituents is 4. The number of ether oxygens (including phenoxy) is 15. The molecule has 2 aromatic heterocycles. The molecule has 19 rings (SSSR count). The van der Waals surface area contributed by atoms with Gasteiger partial charge in [-0.3, -0.25) is 39.1 Å². The maximum Gasteiger partial charge on any atom is 0.514 e. The topological polar surface area (TPSA) is 463 Å². The third-order valence-corrected chi connectivity index (χ3v) is 26.7. The number of esters is 2. The molecular formula is C105H114ClN9O29. The zero-order valence-corrected chi connectivity index (χ0v) is 81.3. The highest BCUT2D eigenvalue weighted by Gasteiger charge is 2.57. The lowest BCUT2D eigenvalue weighted by molar-refractivity contribution is -0.384. The molecule has 9 aromatic carbocycles. The second kappa shape index (κ2) is 44.4. The number of methoxy groups -OCH3 is 6. The van der Waals surface area contributed by atoms with Crippen molar-refractivity contribution in [3.63, 3.8) is 0 Å². The highest BCUT2D eigenvalue weighted by Crippen LogP contribution is 2.60. The van der Waals surface area contributed by atoms with Gasteiger partial charge in [0.05, 0.1) is 94.9 Å². The first-order chi connectivity index (χ1) is 68.6. The van der Waals surface area contributed by atoms with Gasteiger partial charge in [-0.25, -0.2) is 9.59 Å². The molecule has 0 spiro atoms. The number of piperazine rings is 2. The van der Waals surface area contributed by atoms with Crippen molar-refractivity contribution in [3.05, 3.63) is 223 Å². The Kier molecular flexibility index (Phi) is 31.7. The van der Waals surface area contributed by atoms with Gasteiger partial charge in [0.1, 0.15) is 41.0 Å². The maximum atomic E-state index is 14.1. The number of nitro benzene ring substituents is 1. The first-order valence-corrected chi connectivity index (χ1v) is 46.5.